The fourth-order valence-corrected chi connectivity index (χ4v) is 5.39. The number of hydrogen-bond acceptors (Lipinski definition) is 5. The van der Waals surface area contributed by atoms with Gasteiger partial charge in [0.05, 0.1) is 0 Å². The Morgan fingerprint density at radius 1 is 0.882 bits per heavy atom. The van der Waals surface area contributed by atoms with Gasteiger partial charge in [0.15, 0.2) is 0 Å². The molecule has 0 atom stereocenters. The second kappa shape index (κ2) is 8.93. The fraction of sp³-hybridized carbons (Fsp3) is 0.321. The molecule has 172 valence electrons. The average molecular weight is 452 g/mol. The highest BCUT2D eigenvalue weighted by Crippen LogP contribution is 2.30. The predicted molar refractivity (Wildman–Crippen MR) is 137 cm³/mol. The van der Waals surface area contributed by atoms with Gasteiger partial charge in [0.25, 0.3) is 5.56 Å². The molecule has 1 N–H and O–H groups in total. The molecule has 0 spiro atoms. The summed E-state index contributed by atoms with van der Waals surface area (Å²) < 4.78 is 1.89. The van der Waals surface area contributed by atoms with Gasteiger partial charge in [-0.05, 0) is 60.7 Å². The molecule has 34 heavy (non-hydrogen) atoms. The largest absolute Gasteiger partial charge is 0.367 e. The Morgan fingerprint density at radius 2 is 1.68 bits per heavy atom. The average Bonchev–Trinajstić information content (AvgIpc) is 2.89. The molecule has 6 rings (SSSR count). The van der Waals surface area contributed by atoms with Crippen molar-refractivity contribution in [1.29, 1.82) is 0 Å². The van der Waals surface area contributed by atoms with E-state index in [-0.39, 0.29) is 11.6 Å². The molecular weight excluding hydrogens is 422 g/mol. The second-order valence-electron chi connectivity index (χ2n) is 9.42. The van der Waals surface area contributed by atoms with Crippen LogP contribution in [0.15, 0.2) is 71.7 Å². The van der Waals surface area contributed by atoms with Crippen LogP contribution in [0, 0.1) is 0 Å². The molecule has 0 unspecified atom stereocenters. The molecule has 0 saturated heterocycles. The Bertz CT molecular complexity index is 1370. The first-order chi connectivity index (χ1) is 16.7. The zero-order chi connectivity index (χ0) is 22.9. The van der Waals surface area contributed by atoms with Gasteiger partial charge in [0, 0.05) is 48.2 Å². The minimum absolute atomic E-state index is 0.0245. The van der Waals surface area contributed by atoms with Crippen LogP contribution in [0.25, 0.3) is 11.0 Å². The van der Waals surface area contributed by atoms with Crippen molar-refractivity contribution >= 4 is 28.4 Å². The highest BCUT2D eigenvalue weighted by atomic mass is 16.1. The summed E-state index contributed by atoms with van der Waals surface area (Å²) in [7, 11) is 0. The van der Waals surface area contributed by atoms with Crippen LogP contribution in [-0.4, -0.2) is 21.1 Å². The van der Waals surface area contributed by atoms with Crippen LogP contribution in [0.3, 0.4) is 0 Å². The summed E-state index contributed by atoms with van der Waals surface area (Å²) in [6, 6.07) is 20.8. The minimum Gasteiger partial charge on any atom is -0.367 e. The van der Waals surface area contributed by atoms with Gasteiger partial charge in [-0.1, -0.05) is 43.5 Å². The van der Waals surface area contributed by atoms with Gasteiger partial charge < -0.3 is 10.2 Å². The van der Waals surface area contributed by atoms with Crippen LogP contribution in [0.1, 0.15) is 49.3 Å². The zero-order valence-corrected chi connectivity index (χ0v) is 19.3. The van der Waals surface area contributed by atoms with Gasteiger partial charge in [-0.3, -0.25) is 9.36 Å². The van der Waals surface area contributed by atoms with Crippen molar-refractivity contribution in [3.63, 3.8) is 0 Å². The molecule has 1 fully saturated rings. The quantitative estimate of drug-likeness (QED) is 0.437. The van der Waals surface area contributed by atoms with E-state index in [1.165, 1.54) is 36.1 Å². The van der Waals surface area contributed by atoms with Gasteiger partial charge in [0.2, 0.25) is 5.95 Å². The van der Waals surface area contributed by atoms with Crippen LogP contribution in [0.2, 0.25) is 0 Å². The third-order valence-corrected chi connectivity index (χ3v) is 7.23. The van der Waals surface area contributed by atoms with Crippen molar-refractivity contribution in [2.75, 3.05) is 16.8 Å². The number of pyridine rings is 1. The van der Waals surface area contributed by atoms with E-state index < -0.39 is 0 Å². The molecule has 2 aliphatic rings. The van der Waals surface area contributed by atoms with Crippen LogP contribution in [0.4, 0.5) is 17.3 Å². The standard InChI is InChI=1S/C28H29N5O/c34-26-15-10-21-18-29-28(31-27(21)33(26)25-8-2-1-3-9-25)30-23-11-13-24(14-12-23)32-17-16-20-6-4-5-7-22(20)19-32/h4-7,10-15,18,25H,1-3,8-9,16-17,19H2,(H,29,30,31). The predicted octanol–water partition coefficient (Wildman–Crippen LogP) is 5.60. The van der Waals surface area contributed by atoms with Gasteiger partial charge in [-0.2, -0.15) is 4.98 Å². The molecule has 4 aromatic rings. The number of nitrogens with zero attached hydrogens (tertiary/aromatic N) is 4. The lowest BCUT2D eigenvalue weighted by atomic mass is 9.95. The molecule has 0 bridgehead atoms. The maximum Gasteiger partial charge on any atom is 0.252 e. The lowest BCUT2D eigenvalue weighted by molar-refractivity contribution is 0.353. The van der Waals surface area contributed by atoms with E-state index in [9.17, 15) is 4.79 Å². The second-order valence-corrected chi connectivity index (χ2v) is 9.42. The van der Waals surface area contributed by atoms with Gasteiger partial charge in [-0.25, -0.2) is 4.98 Å². The number of rotatable bonds is 4. The number of benzene rings is 2. The normalized spacial score (nSPS) is 16.4. The van der Waals surface area contributed by atoms with Gasteiger partial charge in [-0.15, -0.1) is 0 Å². The van der Waals surface area contributed by atoms with Crippen molar-refractivity contribution < 1.29 is 0 Å². The molecule has 0 amide bonds. The Hall–Kier alpha value is -3.67. The van der Waals surface area contributed by atoms with Crippen molar-refractivity contribution in [2.24, 2.45) is 0 Å². The first-order valence-corrected chi connectivity index (χ1v) is 12.3. The number of anilines is 3. The molecule has 0 radical (unpaired) electrons. The van der Waals surface area contributed by atoms with Crippen molar-refractivity contribution in [3.8, 4) is 0 Å². The first kappa shape index (κ1) is 20.9. The van der Waals surface area contributed by atoms with E-state index in [1.807, 2.05) is 16.8 Å². The topological polar surface area (TPSA) is 63.1 Å². The lowest BCUT2D eigenvalue weighted by Crippen LogP contribution is -2.30. The number of fused-ring (bicyclic) bond motifs is 2. The van der Waals surface area contributed by atoms with E-state index in [2.05, 4.69) is 63.7 Å². The molecule has 2 aromatic carbocycles. The van der Waals surface area contributed by atoms with Crippen molar-refractivity contribution in [3.05, 3.63) is 88.3 Å². The third kappa shape index (κ3) is 4.04. The molecule has 6 nitrogen and oxygen atoms in total. The molecule has 1 aliphatic carbocycles. The van der Waals surface area contributed by atoms with E-state index in [0.29, 0.717) is 5.95 Å². The van der Waals surface area contributed by atoms with E-state index in [0.717, 1.165) is 49.1 Å². The highest BCUT2D eigenvalue weighted by Gasteiger charge is 2.20. The molecule has 6 heteroatoms. The molecular formula is C28H29N5O. The number of aromatic nitrogens is 3. The van der Waals surface area contributed by atoms with E-state index in [1.54, 1.807) is 6.07 Å². The summed E-state index contributed by atoms with van der Waals surface area (Å²) in [5, 5.41) is 4.23. The number of nitrogens with one attached hydrogen (secondary N) is 1. The summed E-state index contributed by atoms with van der Waals surface area (Å²) in [5.41, 5.74) is 5.76. The first-order valence-electron chi connectivity index (χ1n) is 12.3. The van der Waals surface area contributed by atoms with Crippen molar-refractivity contribution in [1.82, 2.24) is 14.5 Å². The highest BCUT2D eigenvalue weighted by molar-refractivity contribution is 5.76. The summed E-state index contributed by atoms with van der Waals surface area (Å²) in [6.45, 7) is 1.96. The third-order valence-electron chi connectivity index (χ3n) is 7.23. The van der Waals surface area contributed by atoms with Gasteiger partial charge >= 0.3 is 0 Å². The Labute approximate surface area is 199 Å². The van der Waals surface area contributed by atoms with Crippen LogP contribution < -0.4 is 15.8 Å². The van der Waals surface area contributed by atoms with Crippen LogP contribution in [-0.2, 0) is 13.0 Å². The Kier molecular flexibility index (Phi) is 5.49. The molecule has 1 saturated carbocycles. The Balaban J connectivity index is 1.23. The minimum atomic E-state index is 0.0245. The maximum absolute atomic E-state index is 12.7. The maximum atomic E-state index is 12.7. The SMILES string of the molecule is O=c1ccc2cnc(Nc3ccc(N4CCc5ccccc5C4)cc3)nc2n1C1CCCCC1. The molecule has 2 aromatic heterocycles. The van der Waals surface area contributed by atoms with Crippen LogP contribution in [0.5, 0.6) is 0 Å². The van der Waals surface area contributed by atoms with E-state index in [4.69, 9.17) is 4.98 Å². The van der Waals surface area contributed by atoms with Crippen LogP contribution >= 0.6 is 0 Å². The van der Waals surface area contributed by atoms with E-state index >= 15 is 0 Å². The van der Waals surface area contributed by atoms with Crippen molar-refractivity contribution in [2.45, 2.75) is 51.1 Å². The molecule has 3 heterocycles. The summed E-state index contributed by atoms with van der Waals surface area (Å²) >= 11 is 0. The number of hydrogen-bond donors (Lipinski definition) is 1. The smallest absolute Gasteiger partial charge is 0.252 e. The summed E-state index contributed by atoms with van der Waals surface area (Å²) in [4.78, 5) is 24.4. The summed E-state index contributed by atoms with van der Waals surface area (Å²) in [5.74, 6) is 0.516. The zero-order valence-electron chi connectivity index (χ0n) is 19.3. The fourth-order valence-electron chi connectivity index (χ4n) is 5.39. The lowest BCUT2D eigenvalue weighted by Gasteiger charge is -2.30. The molecule has 1 aliphatic heterocycles. The van der Waals surface area contributed by atoms with Gasteiger partial charge in [0.1, 0.15) is 5.65 Å². The summed E-state index contributed by atoms with van der Waals surface area (Å²) in [6.07, 6.45) is 8.53. The monoisotopic (exact) mass is 451 g/mol. The Morgan fingerprint density at radius 3 is 2.50 bits per heavy atom.